The molecule has 4 N–H and O–H groups in total. The van der Waals surface area contributed by atoms with Gasteiger partial charge in [-0.2, -0.15) is 0 Å². The van der Waals surface area contributed by atoms with Gasteiger partial charge in [0.05, 0.1) is 17.0 Å². The fourth-order valence-corrected chi connectivity index (χ4v) is 2.01. The smallest absolute Gasteiger partial charge is 0.208 e. The average molecular weight is 278 g/mol. The summed E-state index contributed by atoms with van der Waals surface area (Å²) < 4.78 is 24.0. The van der Waals surface area contributed by atoms with Crippen LogP contribution < -0.4 is 15.8 Å². The molecule has 0 bridgehead atoms. The van der Waals surface area contributed by atoms with E-state index in [-0.39, 0.29) is 0 Å². The van der Waals surface area contributed by atoms with Gasteiger partial charge in [0.1, 0.15) is 0 Å². The molecule has 0 spiro atoms. The average Bonchev–Trinajstić information content (AvgIpc) is 2.18. The van der Waals surface area contributed by atoms with Gasteiger partial charge in [-0.25, -0.2) is 13.1 Å². The minimum absolute atomic E-state index is 0.401. The Morgan fingerprint density at radius 1 is 1.35 bits per heavy atom. The van der Waals surface area contributed by atoms with E-state index in [4.69, 9.17) is 17.3 Å². The van der Waals surface area contributed by atoms with Crippen molar-refractivity contribution in [3.63, 3.8) is 0 Å². The molecular formula is C10H16ClN3O2S. The first kappa shape index (κ1) is 14.1. The van der Waals surface area contributed by atoms with Crippen LogP contribution in [0.4, 0.5) is 11.4 Å². The Labute approximate surface area is 106 Å². The molecule has 0 saturated carbocycles. The second kappa shape index (κ2) is 6.09. The van der Waals surface area contributed by atoms with Crippen molar-refractivity contribution in [1.82, 2.24) is 4.72 Å². The van der Waals surface area contributed by atoms with Crippen LogP contribution in [-0.2, 0) is 10.0 Å². The molecule has 0 amide bonds. The Balaban J connectivity index is 2.32. The number of halogens is 1. The molecule has 0 fully saturated rings. The van der Waals surface area contributed by atoms with Crippen LogP contribution in [0.2, 0.25) is 5.02 Å². The van der Waals surface area contributed by atoms with Gasteiger partial charge in [-0.1, -0.05) is 11.6 Å². The first-order chi connectivity index (χ1) is 7.88. The van der Waals surface area contributed by atoms with E-state index in [1.54, 1.807) is 18.2 Å². The monoisotopic (exact) mass is 277 g/mol. The standard InChI is InChI=1S/C10H16ClN3O2S/c1-17(15,16)14-6-2-5-13-10-4-3-8(12)7-9(10)11/h3-4,7,13-14H,2,5-6,12H2,1H3. The summed E-state index contributed by atoms with van der Waals surface area (Å²) in [5, 5.41) is 3.66. The van der Waals surface area contributed by atoms with Crippen molar-refractivity contribution in [2.24, 2.45) is 0 Å². The van der Waals surface area contributed by atoms with Crippen molar-refractivity contribution in [2.75, 3.05) is 30.4 Å². The highest BCUT2D eigenvalue weighted by Gasteiger charge is 2.01. The quantitative estimate of drug-likeness (QED) is 0.540. The highest BCUT2D eigenvalue weighted by molar-refractivity contribution is 7.88. The maximum absolute atomic E-state index is 10.8. The zero-order chi connectivity index (χ0) is 12.9. The van der Waals surface area contributed by atoms with Crippen LogP contribution in [0, 0.1) is 0 Å². The minimum Gasteiger partial charge on any atom is -0.399 e. The summed E-state index contributed by atoms with van der Waals surface area (Å²) in [5.74, 6) is 0. The van der Waals surface area contributed by atoms with E-state index >= 15 is 0 Å². The first-order valence-electron chi connectivity index (χ1n) is 5.12. The number of hydrogen-bond donors (Lipinski definition) is 3. The summed E-state index contributed by atoms with van der Waals surface area (Å²) >= 11 is 5.96. The van der Waals surface area contributed by atoms with Crippen molar-refractivity contribution in [3.8, 4) is 0 Å². The van der Waals surface area contributed by atoms with Gasteiger partial charge in [-0.05, 0) is 24.6 Å². The van der Waals surface area contributed by atoms with Crippen LogP contribution in [0.1, 0.15) is 6.42 Å². The molecule has 0 atom stereocenters. The third-order valence-electron chi connectivity index (χ3n) is 2.03. The highest BCUT2D eigenvalue weighted by Crippen LogP contribution is 2.23. The number of nitrogens with two attached hydrogens (primary N) is 1. The second-order valence-electron chi connectivity index (χ2n) is 3.69. The lowest BCUT2D eigenvalue weighted by Gasteiger charge is -2.08. The maximum Gasteiger partial charge on any atom is 0.208 e. The molecule has 7 heteroatoms. The Kier molecular flexibility index (Phi) is 5.04. The summed E-state index contributed by atoms with van der Waals surface area (Å²) in [6, 6.07) is 5.21. The van der Waals surface area contributed by atoms with Gasteiger partial charge >= 0.3 is 0 Å². The van der Waals surface area contributed by atoms with Crippen LogP contribution in [0.15, 0.2) is 18.2 Å². The lowest BCUT2D eigenvalue weighted by Crippen LogP contribution is -2.24. The summed E-state index contributed by atoms with van der Waals surface area (Å²) in [7, 11) is -3.10. The van der Waals surface area contributed by atoms with Gasteiger partial charge in [0, 0.05) is 18.8 Å². The molecule has 0 radical (unpaired) electrons. The van der Waals surface area contributed by atoms with Gasteiger partial charge in [0.2, 0.25) is 10.0 Å². The number of anilines is 2. The SMILES string of the molecule is CS(=O)(=O)NCCCNc1ccc(N)cc1Cl. The van der Waals surface area contributed by atoms with Crippen LogP contribution in [0.25, 0.3) is 0 Å². The zero-order valence-electron chi connectivity index (χ0n) is 9.53. The third-order valence-corrected chi connectivity index (χ3v) is 3.07. The lowest BCUT2D eigenvalue weighted by molar-refractivity contribution is 0.586. The molecule has 5 nitrogen and oxygen atoms in total. The predicted molar refractivity (Wildman–Crippen MR) is 71.8 cm³/mol. The molecule has 0 heterocycles. The molecule has 0 saturated heterocycles. The van der Waals surface area contributed by atoms with E-state index in [1.165, 1.54) is 0 Å². The van der Waals surface area contributed by atoms with Gasteiger partial charge in [0.15, 0.2) is 0 Å². The van der Waals surface area contributed by atoms with Crippen LogP contribution in [0.3, 0.4) is 0 Å². The summed E-state index contributed by atoms with van der Waals surface area (Å²) in [5.41, 5.74) is 6.97. The van der Waals surface area contributed by atoms with E-state index in [9.17, 15) is 8.42 Å². The molecule has 1 aromatic carbocycles. The molecule has 0 aliphatic heterocycles. The number of hydrogen-bond acceptors (Lipinski definition) is 4. The van der Waals surface area contributed by atoms with Crippen LogP contribution in [-0.4, -0.2) is 27.8 Å². The van der Waals surface area contributed by atoms with E-state index in [1.807, 2.05) is 0 Å². The van der Waals surface area contributed by atoms with Crippen molar-refractivity contribution < 1.29 is 8.42 Å². The molecule has 1 rings (SSSR count). The highest BCUT2D eigenvalue weighted by atomic mass is 35.5. The summed E-state index contributed by atoms with van der Waals surface area (Å²) in [4.78, 5) is 0. The van der Waals surface area contributed by atoms with Crippen LogP contribution in [0.5, 0.6) is 0 Å². The fourth-order valence-electron chi connectivity index (χ4n) is 1.24. The molecule has 1 aromatic rings. The number of benzene rings is 1. The lowest BCUT2D eigenvalue weighted by atomic mass is 10.3. The Morgan fingerprint density at radius 2 is 2.06 bits per heavy atom. The van der Waals surface area contributed by atoms with E-state index in [0.29, 0.717) is 30.2 Å². The first-order valence-corrected chi connectivity index (χ1v) is 7.39. The largest absolute Gasteiger partial charge is 0.399 e. The Bertz CT molecular complexity index is 476. The summed E-state index contributed by atoms with van der Waals surface area (Å²) in [6.07, 6.45) is 1.81. The number of nitrogens with one attached hydrogen (secondary N) is 2. The number of nitrogen functional groups attached to an aromatic ring is 1. The van der Waals surface area contributed by atoms with Gasteiger partial charge in [0.25, 0.3) is 0 Å². The fraction of sp³-hybridized carbons (Fsp3) is 0.400. The molecule has 17 heavy (non-hydrogen) atoms. The number of rotatable bonds is 6. The number of sulfonamides is 1. The Hall–Kier alpha value is -0.980. The van der Waals surface area contributed by atoms with Crippen molar-refractivity contribution in [2.45, 2.75) is 6.42 Å². The maximum atomic E-state index is 10.8. The molecule has 0 unspecified atom stereocenters. The molecule has 96 valence electrons. The predicted octanol–water partition coefficient (Wildman–Crippen LogP) is 1.27. The second-order valence-corrected chi connectivity index (χ2v) is 5.93. The topological polar surface area (TPSA) is 84.2 Å². The van der Waals surface area contributed by atoms with Gasteiger partial charge in [-0.15, -0.1) is 0 Å². The zero-order valence-corrected chi connectivity index (χ0v) is 11.1. The van der Waals surface area contributed by atoms with Crippen LogP contribution >= 0.6 is 11.6 Å². The Morgan fingerprint density at radius 3 is 2.65 bits per heavy atom. The van der Waals surface area contributed by atoms with Crippen molar-refractivity contribution in [3.05, 3.63) is 23.2 Å². The van der Waals surface area contributed by atoms with Crippen molar-refractivity contribution >= 4 is 33.0 Å². The molecule has 0 aromatic heterocycles. The summed E-state index contributed by atoms with van der Waals surface area (Å²) in [6.45, 7) is 1.03. The molecule has 0 aliphatic rings. The molecular weight excluding hydrogens is 262 g/mol. The van der Waals surface area contributed by atoms with Gasteiger partial charge < -0.3 is 11.1 Å². The molecule has 0 aliphatic carbocycles. The third kappa shape index (κ3) is 5.76. The van der Waals surface area contributed by atoms with E-state index in [2.05, 4.69) is 10.0 Å². The van der Waals surface area contributed by atoms with Crippen molar-refractivity contribution in [1.29, 1.82) is 0 Å². The normalized spacial score (nSPS) is 11.4. The van der Waals surface area contributed by atoms with Gasteiger partial charge in [-0.3, -0.25) is 0 Å². The van der Waals surface area contributed by atoms with E-state index in [0.717, 1.165) is 11.9 Å². The van der Waals surface area contributed by atoms with E-state index < -0.39 is 10.0 Å². The minimum atomic E-state index is -3.10.